The number of anilines is 1. The van der Waals surface area contributed by atoms with Crippen LogP contribution in [0.15, 0.2) is 42.7 Å². The Kier molecular flexibility index (Phi) is 5.27. The lowest BCUT2D eigenvalue weighted by Gasteiger charge is -2.34. The summed E-state index contributed by atoms with van der Waals surface area (Å²) in [7, 11) is 1.36. The number of carbonyl (C=O) groups excluding carboxylic acids is 1. The molecule has 0 saturated carbocycles. The molecule has 4 aromatic rings. The Balaban J connectivity index is 1.49. The lowest BCUT2D eigenvalue weighted by molar-refractivity contribution is 0.121. The van der Waals surface area contributed by atoms with Gasteiger partial charge >= 0.3 is 6.09 Å². The number of ether oxygens (including phenoxy) is 1. The fourth-order valence-corrected chi connectivity index (χ4v) is 4.30. The van der Waals surface area contributed by atoms with Gasteiger partial charge in [-0.1, -0.05) is 6.92 Å². The second-order valence-corrected chi connectivity index (χ2v) is 7.97. The van der Waals surface area contributed by atoms with Crippen LogP contribution in [-0.2, 0) is 4.74 Å². The van der Waals surface area contributed by atoms with Gasteiger partial charge in [0.25, 0.3) is 0 Å². The maximum Gasteiger partial charge on any atom is 0.409 e. The number of piperazine rings is 1. The number of halogens is 2. The van der Waals surface area contributed by atoms with E-state index >= 15 is 4.39 Å². The first-order valence-corrected chi connectivity index (χ1v) is 10.6. The summed E-state index contributed by atoms with van der Waals surface area (Å²) in [5.74, 6) is -1.22. The van der Waals surface area contributed by atoms with Gasteiger partial charge in [-0.3, -0.25) is 4.98 Å². The first-order chi connectivity index (χ1) is 16.0. The Bertz CT molecular complexity index is 1350. The number of nitrogens with zero attached hydrogens (tertiary/aromatic N) is 6. The van der Waals surface area contributed by atoms with Crippen molar-refractivity contribution in [1.29, 1.82) is 0 Å². The first-order valence-electron chi connectivity index (χ1n) is 10.6. The highest BCUT2D eigenvalue weighted by Gasteiger charge is 2.26. The number of hydrogen-bond donors (Lipinski definition) is 0. The Morgan fingerprint density at radius 3 is 2.67 bits per heavy atom. The predicted molar refractivity (Wildman–Crippen MR) is 118 cm³/mol. The summed E-state index contributed by atoms with van der Waals surface area (Å²) in [5.41, 5.74) is 1.38. The monoisotopic (exact) mass is 452 g/mol. The molecule has 1 saturated heterocycles. The Labute approximate surface area is 188 Å². The highest BCUT2D eigenvalue weighted by atomic mass is 19.1. The Hall–Kier alpha value is -3.82. The number of hydrogen-bond acceptors (Lipinski definition) is 6. The molecule has 0 N–H and O–H groups in total. The van der Waals surface area contributed by atoms with Crippen molar-refractivity contribution < 1.29 is 18.3 Å². The van der Waals surface area contributed by atoms with Crippen molar-refractivity contribution in [2.24, 2.45) is 0 Å². The van der Waals surface area contributed by atoms with E-state index in [0.717, 1.165) is 0 Å². The Morgan fingerprint density at radius 1 is 1.12 bits per heavy atom. The molecule has 0 bridgehead atoms. The lowest BCUT2D eigenvalue weighted by atomic mass is 9.95. The zero-order valence-corrected chi connectivity index (χ0v) is 18.2. The number of imidazole rings is 1. The topological polar surface area (TPSA) is 75.9 Å². The zero-order chi connectivity index (χ0) is 23.1. The van der Waals surface area contributed by atoms with Crippen molar-refractivity contribution in [1.82, 2.24) is 24.5 Å². The summed E-state index contributed by atoms with van der Waals surface area (Å²) in [5, 5.41) is 4.98. The van der Waals surface area contributed by atoms with Gasteiger partial charge in [0.05, 0.1) is 24.5 Å². The normalized spacial score (nSPS) is 15.3. The first kappa shape index (κ1) is 21.0. The van der Waals surface area contributed by atoms with Crippen molar-refractivity contribution in [3.05, 3.63) is 65.6 Å². The van der Waals surface area contributed by atoms with Crippen molar-refractivity contribution >= 4 is 28.5 Å². The van der Waals surface area contributed by atoms with Crippen LogP contribution in [0.4, 0.5) is 19.4 Å². The number of methoxy groups -OCH3 is 1. The third kappa shape index (κ3) is 3.61. The van der Waals surface area contributed by atoms with Gasteiger partial charge in [0.1, 0.15) is 17.5 Å². The molecule has 1 aliphatic rings. The van der Waals surface area contributed by atoms with E-state index in [-0.39, 0.29) is 22.6 Å². The van der Waals surface area contributed by atoms with E-state index in [1.54, 1.807) is 34.7 Å². The number of amides is 1. The molecule has 1 fully saturated rings. The van der Waals surface area contributed by atoms with Crippen molar-refractivity contribution in [3.8, 4) is 0 Å². The van der Waals surface area contributed by atoms with Crippen molar-refractivity contribution in [2.75, 3.05) is 38.2 Å². The molecule has 1 aromatic carbocycles. The van der Waals surface area contributed by atoms with E-state index in [9.17, 15) is 9.18 Å². The molecule has 0 radical (unpaired) electrons. The van der Waals surface area contributed by atoms with Gasteiger partial charge in [0.2, 0.25) is 0 Å². The Morgan fingerprint density at radius 2 is 1.91 bits per heavy atom. The summed E-state index contributed by atoms with van der Waals surface area (Å²) in [6.45, 7) is 3.95. The fraction of sp³-hybridized carbons (Fsp3) is 0.304. The van der Waals surface area contributed by atoms with Crippen LogP contribution in [0.1, 0.15) is 24.1 Å². The second kappa shape index (κ2) is 8.27. The number of rotatable bonds is 3. The third-order valence-electron chi connectivity index (χ3n) is 6.12. The van der Waals surface area contributed by atoms with E-state index in [1.807, 2.05) is 12.1 Å². The highest BCUT2D eigenvalue weighted by Crippen LogP contribution is 2.33. The molecular weight excluding hydrogens is 430 g/mol. The maximum atomic E-state index is 15.3. The van der Waals surface area contributed by atoms with Crippen LogP contribution in [-0.4, -0.2) is 63.9 Å². The van der Waals surface area contributed by atoms with E-state index in [1.165, 1.54) is 19.4 Å². The molecular formula is C23H22F2N6O2. The summed E-state index contributed by atoms with van der Waals surface area (Å²) >= 11 is 0. The summed E-state index contributed by atoms with van der Waals surface area (Å²) in [6.07, 6.45) is 2.75. The van der Waals surface area contributed by atoms with E-state index in [4.69, 9.17) is 9.84 Å². The average Bonchev–Trinajstić information content (AvgIpc) is 3.27. The molecule has 1 unspecified atom stereocenters. The van der Waals surface area contributed by atoms with E-state index in [0.29, 0.717) is 43.3 Å². The van der Waals surface area contributed by atoms with Crippen LogP contribution in [0.5, 0.6) is 0 Å². The number of benzene rings is 1. The number of aromatic nitrogens is 4. The molecule has 4 heterocycles. The molecule has 8 nitrogen and oxygen atoms in total. The fourth-order valence-electron chi connectivity index (χ4n) is 4.30. The minimum absolute atomic E-state index is 0.0452. The summed E-state index contributed by atoms with van der Waals surface area (Å²) in [6, 6.07) is 8.15. The SMILES string of the molecule is COC(=O)N1CCN(c2ccc3ncc(C(C)c4c(F)cc5ncccc5c4F)n3n2)CC1. The minimum atomic E-state index is -0.656. The molecule has 0 spiro atoms. The van der Waals surface area contributed by atoms with Gasteiger partial charge < -0.3 is 14.5 Å². The van der Waals surface area contributed by atoms with Crippen LogP contribution in [0.25, 0.3) is 16.6 Å². The van der Waals surface area contributed by atoms with Crippen LogP contribution in [0.2, 0.25) is 0 Å². The van der Waals surface area contributed by atoms with Crippen LogP contribution < -0.4 is 4.90 Å². The third-order valence-corrected chi connectivity index (χ3v) is 6.12. The van der Waals surface area contributed by atoms with E-state index in [2.05, 4.69) is 14.9 Å². The second-order valence-electron chi connectivity index (χ2n) is 7.97. The molecule has 0 aliphatic carbocycles. The quantitative estimate of drug-likeness (QED) is 0.473. The molecule has 3 aromatic heterocycles. The molecule has 10 heteroatoms. The zero-order valence-electron chi connectivity index (χ0n) is 18.2. The standard InChI is InChI=1S/C23H22F2N6O2/c1-14(21-16(24)12-17-15(22(21)25)4-3-7-26-17)18-13-27-19-5-6-20(28-31(18)19)29-8-10-30(11-9-29)23(32)33-2/h3-7,12-14H,8-11H2,1-2H3. The molecule has 1 amide bonds. The highest BCUT2D eigenvalue weighted by molar-refractivity contribution is 5.80. The summed E-state index contributed by atoms with van der Waals surface area (Å²) in [4.78, 5) is 23.9. The van der Waals surface area contributed by atoms with Gasteiger partial charge in [0, 0.05) is 55.3 Å². The van der Waals surface area contributed by atoms with Crippen molar-refractivity contribution in [3.63, 3.8) is 0 Å². The molecule has 5 rings (SSSR count). The molecule has 33 heavy (non-hydrogen) atoms. The smallest absolute Gasteiger partial charge is 0.409 e. The van der Waals surface area contributed by atoms with Crippen LogP contribution >= 0.6 is 0 Å². The van der Waals surface area contributed by atoms with Crippen LogP contribution in [0.3, 0.4) is 0 Å². The largest absolute Gasteiger partial charge is 0.453 e. The van der Waals surface area contributed by atoms with Gasteiger partial charge in [0.15, 0.2) is 5.65 Å². The molecule has 170 valence electrons. The average molecular weight is 452 g/mol. The summed E-state index contributed by atoms with van der Waals surface area (Å²) < 4.78 is 36.6. The molecule has 1 aliphatic heterocycles. The predicted octanol–water partition coefficient (Wildman–Crippen LogP) is 3.60. The lowest BCUT2D eigenvalue weighted by Crippen LogP contribution is -2.49. The number of carbonyl (C=O) groups is 1. The van der Waals surface area contributed by atoms with Gasteiger partial charge in [-0.25, -0.2) is 23.1 Å². The molecule has 1 atom stereocenters. The van der Waals surface area contributed by atoms with E-state index < -0.39 is 17.6 Å². The van der Waals surface area contributed by atoms with Crippen molar-refractivity contribution in [2.45, 2.75) is 12.8 Å². The minimum Gasteiger partial charge on any atom is -0.453 e. The maximum absolute atomic E-state index is 15.3. The number of fused-ring (bicyclic) bond motifs is 2. The van der Waals surface area contributed by atoms with Gasteiger partial charge in [-0.2, -0.15) is 0 Å². The van der Waals surface area contributed by atoms with Gasteiger partial charge in [-0.15, -0.1) is 5.10 Å². The van der Waals surface area contributed by atoms with Crippen LogP contribution in [0, 0.1) is 11.6 Å². The number of pyridine rings is 1. The van der Waals surface area contributed by atoms with Gasteiger partial charge in [-0.05, 0) is 24.3 Å².